The largest absolute Gasteiger partial charge is 0.325 e. The molecule has 0 saturated heterocycles. The highest BCUT2D eigenvalue weighted by Gasteiger charge is 2.03. The van der Waals surface area contributed by atoms with Gasteiger partial charge in [0.25, 0.3) is 0 Å². The Hall–Kier alpha value is -1.23. The second-order valence-corrected chi connectivity index (χ2v) is 5.57. The number of hydrogen-bond donors (Lipinski definition) is 1. The number of nitrogens with two attached hydrogens (primary N) is 1. The van der Waals surface area contributed by atoms with Crippen molar-refractivity contribution in [3.8, 4) is 0 Å². The molecule has 3 nitrogen and oxygen atoms in total. The zero-order chi connectivity index (χ0) is 13.7. The molecule has 2 rings (SSSR count). The van der Waals surface area contributed by atoms with Crippen LogP contribution in [0.25, 0.3) is 0 Å². The summed E-state index contributed by atoms with van der Waals surface area (Å²) in [5.41, 5.74) is 9.10. The van der Waals surface area contributed by atoms with Crippen LogP contribution < -0.4 is 5.73 Å². The van der Waals surface area contributed by atoms with Gasteiger partial charge in [-0.1, -0.05) is 28.1 Å². The normalized spacial score (nSPS) is 10.9. The lowest BCUT2D eigenvalue weighted by molar-refractivity contribution is 0.319. The van der Waals surface area contributed by atoms with E-state index in [9.17, 15) is 0 Å². The van der Waals surface area contributed by atoms with Crippen LogP contribution in [0.5, 0.6) is 0 Å². The van der Waals surface area contributed by atoms with Crippen molar-refractivity contribution < 1.29 is 0 Å². The molecule has 0 saturated carbocycles. The van der Waals surface area contributed by atoms with Crippen LogP contribution in [0, 0.1) is 0 Å². The Morgan fingerprint density at radius 3 is 2.47 bits per heavy atom. The number of halogens is 1. The van der Waals surface area contributed by atoms with Crippen molar-refractivity contribution in [1.82, 2.24) is 9.88 Å². The van der Waals surface area contributed by atoms with Gasteiger partial charge in [-0.15, -0.1) is 0 Å². The fourth-order valence-corrected chi connectivity index (χ4v) is 2.27. The molecule has 0 aliphatic heterocycles. The van der Waals surface area contributed by atoms with E-state index in [1.807, 2.05) is 12.3 Å². The average Bonchev–Trinajstić information content (AvgIpc) is 2.41. The molecule has 0 fully saturated rings. The summed E-state index contributed by atoms with van der Waals surface area (Å²) in [6.07, 6.45) is 1.82. The Morgan fingerprint density at radius 2 is 1.79 bits per heavy atom. The molecular weight excluding hydrogens is 302 g/mol. The quantitative estimate of drug-likeness (QED) is 0.921. The first-order chi connectivity index (χ1) is 9.17. The van der Waals surface area contributed by atoms with Crippen molar-refractivity contribution in [2.75, 3.05) is 7.05 Å². The van der Waals surface area contributed by atoms with Crippen LogP contribution in [0.3, 0.4) is 0 Å². The fourth-order valence-electron chi connectivity index (χ4n) is 2.01. The van der Waals surface area contributed by atoms with Gasteiger partial charge in [0, 0.05) is 30.3 Å². The van der Waals surface area contributed by atoms with Gasteiger partial charge in [-0.3, -0.25) is 9.88 Å². The Labute approximate surface area is 122 Å². The highest BCUT2D eigenvalue weighted by molar-refractivity contribution is 9.10. The van der Waals surface area contributed by atoms with E-state index in [1.54, 1.807) is 0 Å². The molecule has 1 aromatic carbocycles. The Kier molecular flexibility index (Phi) is 5.07. The molecule has 0 atom stereocenters. The van der Waals surface area contributed by atoms with Gasteiger partial charge in [0.2, 0.25) is 0 Å². The molecule has 19 heavy (non-hydrogen) atoms. The van der Waals surface area contributed by atoms with Gasteiger partial charge in [-0.25, -0.2) is 0 Å². The van der Waals surface area contributed by atoms with Crippen molar-refractivity contribution in [2.24, 2.45) is 5.73 Å². The first kappa shape index (κ1) is 14.2. The van der Waals surface area contributed by atoms with Crippen LogP contribution in [0.2, 0.25) is 0 Å². The zero-order valence-corrected chi connectivity index (χ0v) is 12.6. The van der Waals surface area contributed by atoms with Crippen molar-refractivity contribution >= 4 is 15.9 Å². The fraction of sp³-hybridized carbons (Fsp3) is 0.267. The lowest BCUT2D eigenvalue weighted by Crippen LogP contribution is -2.17. The van der Waals surface area contributed by atoms with E-state index in [0.29, 0.717) is 6.54 Å². The maximum absolute atomic E-state index is 5.61. The maximum Gasteiger partial charge on any atom is 0.0542 e. The lowest BCUT2D eigenvalue weighted by atomic mass is 10.2. The van der Waals surface area contributed by atoms with Gasteiger partial charge in [0.15, 0.2) is 0 Å². The van der Waals surface area contributed by atoms with Crippen LogP contribution in [-0.4, -0.2) is 16.9 Å². The van der Waals surface area contributed by atoms with Gasteiger partial charge < -0.3 is 5.73 Å². The summed E-state index contributed by atoms with van der Waals surface area (Å²) in [6.45, 7) is 2.31. The smallest absolute Gasteiger partial charge is 0.0542 e. The van der Waals surface area contributed by atoms with E-state index in [1.165, 1.54) is 11.1 Å². The van der Waals surface area contributed by atoms with E-state index in [-0.39, 0.29) is 0 Å². The van der Waals surface area contributed by atoms with Crippen molar-refractivity contribution in [3.63, 3.8) is 0 Å². The molecule has 0 spiro atoms. The molecule has 2 aromatic rings. The number of hydrogen-bond acceptors (Lipinski definition) is 3. The molecule has 0 bridgehead atoms. The lowest BCUT2D eigenvalue weighted by Gasteiger charge is -2.17. The van der Waals surface area contributed by atoms with Gasteiger partial charge in [-0.2, -0.15) is 0 Å². The minimum atomic E-state index is 0.490. The van der Waals surface area contributed by atoms with Crippen molar-refractivity contribution in [3.05, 3.63) is 63.9 Å². The molecule has 0 radical (unpaired) electrons. The first-order valence-corrected chi connectivity index (χ1v) is 7.03. The molecule has 0 aliphatic rings. The van der Waals surface area contributed by atoms with E-state index >= 15 is 0 Å². The van der Waals surface area contributed by atoms with Crippen molar-refractivity contribution in [2.45, 2.75) is 19.6 Å². The average molecular weight is 320 g/mol. The highest BCUT2D eigenvalue weighted by Crippen LogP contribution is 2.13. The van der Waals surface area contributed by atoms with E-state index in [2.05, 4.69) is 63.2 Å². The summed E-state index contributed by atoms with van der Waals surface area (Å²) in [4.78, 5) is 6.49. The molecule has 100 valence electrons. The molecule has 4 heteroatoms. The predicted molar refractivity (Wildman–Crippen MR) is 81.4 cm³/mol. The first-order valence-electron chi connectivity index (χ1n) is 6.24. The Balaban J connectivity index is 1.96. The second-order valence-electron chi connectivity index (χ2n) is 4.66. The van der Waals surface area contributed by atoms with E-state index in [4.69, 9.17) is 5.73 Å². The number of benzene rings is 1. The summed E-state index contributed by atoms with van der Waals surface area (Å²) in [5, 5.41) is 0. The van der Waals surface area contributed by atoms with E-state index < -0.39 is 0 Å². The minimum Gasteiger partial charge on any atom is -0.325 e. The van der Waals surface area contributed by atoms with E-state index in [0.717, 1.165) is 23.3 Å². The van der Waals surface area contributed by atoms with Gasteiger partial charge >= 0.3 is 0 Å². The SMILES string of the molecule is CN(Cc1ccc(Br)cc1)Cc1ccnc(CN)c1. The molecule has 1 heterocycles. The molecule has 1 aromatic heterocycles. The number of nitrogens with zero attached hydrogens (tertiary/aromatic N) is 2. The molecule has 0 amide bonds. The molecular formula is C15H18BrN3. The second kappa shape index (κ2) is 6.80. The number of pyridine rings is 1. The third-order valence-electron chi connectivity index (χ3n) is 2.91. The predicted octanol–water partition coefficient (Wildman–Crippen LogP) is 2.93. The van der Waals surface area contributed by atoms with Crippen LogP contribution in [-0.2, 0) is 19.6 Å². The monoisotopic (exact) mass is 319 g/mol. The van der Waals surface area contributed by atoms with Gasteiger partial charge in [0.05, 0.1) is 5.69 Å². The zero-order valence-electron chi connectivity index (χ0n) is 11.0. The summed E-state index contributed by atoms with van der Waals surface area (Å²) >= 11 is 3.45. The summed E-state index contributed by atoms with van der Waals surface area (Å²) in [7, 11) is 2.12. The number of rotatable bonds is 5. The van der Waals surface area contributed by atoms with Crippen molar-refractivity contribution in [1.29, 1.82) is 0 Å². The molecule has 0 aliphatic carbocycles. The third-order valence-corrected chi connectivity index (χ3v) is 3.44. The summed E-state index contributed by atoms with van der Waals surface area (Å²) in [6, 6.07) is 12.5. The van der Waals surface area contributed by atoms with Crippen LogP contribution in [0.4, 0.5) is 0 Å². The minimum absolute atomic E-state index is 0.490. The van der Waals surface area contributed by atoms with Gasteiger partial charge in [-0.05, 0) is 42.4 Å². The van der Waals surface area contributed by atoms with Crippen LogP contribution in [0.15, 0.2) is 47.1 Å². The topological polar surface area (TPSA) is 42.2 Å². The number of aromatic nitrogens is 1. The molecule has 0 unspecified atom stereocenters. The summed E-state index contributed by atoms with van der Waals surface area (Å²) < 4.78 is 1.11. The Bertz CT molecular complexity index is 525. The summed E-state index contributed by atoms with van der Waals surface area (Å²) in [5.74, 6) is 0. The van der Waals surface area contributed by atoms with Crippen LogP contribution >= 0.6 is 15.9 Å². The highest BCUT2D eigenvalue weighted by atomic mass is 79.9. The van der Waals surface area contributed by atoms with Gasteiger partial charge in [0.1, 0.15) is 0 Å². The maximum atomic E-state index is 5.61. The Morgan fingerprint density at radius 1 is 1.11 bits per heavy atom. The standard InChI is InChI=1S/C15H18BrN3/c1-19(10-12-2-4-14(16)5-3-12)11-13-6-7-18-15(8-13)9-17/h2-8H,9-11,17H2,1H3. The van der Waals surface area contributed by atoms with Crippen LogP contribution in [0.1, 0.15) is 16.8 Å². The molecule has 2 N–H and O–H groups in total. The third kappa shape index (κ3) is 4.42.